The molecule has 2 aliphatic rings. The summed E-state index contributed by atoms with van der Waals surface area (Å²) in [5, 5.41) is 3.36. The number of hydrogen-bond acceptors (Lipinski definition) is 2. The lowest BCUT2D eigenvalue weighted by Crippen LogP contribution is -2.45. The first-order chi connectivity index (χ1) is 13.7. The van der Waals surface area contributed by atoms with E-state index < -0.39 is 0 Å². The molecule has 2 aliphatic heterocycles. The SMILES string of the molecule is CCNC(=NCC(=O)N1CCc2ccccc2C1)N1CCc2ccccc2C1. The van der Waals surface area contributed by atoms with Crippen molar-refractivity contribution in [1.82, 2.24) is 15.1 Å². The number of carbonyl (C=O) groups excluding carboxylic acids is 1. The van der Waals surface area contributed by atoms with E-state index in [1.165, 1.54) is 22.3 Å². The van der Waals surface area contributed by atoms with Gasteiger partial charge >= 0.3 is 0 Å². The Kier molecular flexibility index (Phi) is 5.60. The van der Waals surface area contributed by atoms with Gasteiger partial charge in [-0.25, -0.2) is 4.99 Å². The van der Waals surface area contributed by atoms with Gasteiger partial charge in [0.05, 0.1) is 0 Å². The van der Waals surface area contributed by atoms with E-state index in [0.29, 0.717) is 6.54 Å². The molecule has 2 aromatic rings. The minimum atomic E-state index is 0.0994. The Morgan fingerprint density at radius 2 is 1.43 bits per heavy atom. The molecule has 2 heterocycles. The molecular weight excluding hydrogens is 348 g/mol. The smallest absolute Gasteiger partial charge is 0.244 e. The lowest BCUT2D eigenvalue weighted by molar-refractivity contribution is -0.130. The van der Waals surface area contributed by atoms with E-state index in [2.05, 4.69) is 64.6 Å². The standard InChI is InChI=1S/C23H28N4O/c1-2-24-23(27-14-12-19-8-4-6-10-21(19)17-27)25-15-22(28)26-13-11-18-7-3-5-9-20(18)16-26/h3-10H,2,11-17H2,1H3,(H,24,25). The van der Waals surface area contributed by atoms with Crippen molar-refractivity contribution in [2.75, 3.05) is 26.2 Å². The molecule has 0 radical (unpaired) electrons. The van der Waals surface area contributed by atoms with Gasteiger partial charge in [-0.05, 0) is 42.0 Å². The predicted octanol–water partition coefficient (Wildman–Crippen LogP) is 2.60. The molecule has 0 saturated carbocycles. The van der Waals surface area contributed by atoms with Crippen LogP contribution in [0.25, 0.3) is 0 Å². The molecule has 0 aliphatic carbocycles. The maximum absolute atomic E-state index is 12.8. The predicted molar refractivity (Wildman–Crippen MR) is 112 cm³/mol. The zero-order valence-corrected chi connectivity index (χ0v) is 16.5. The number of amides is 1. The molecule has 5 heteroatoms. The molecule has 0 aromatic heterocycles. The van der Waals surface area contributed by atoms with E-state index in [1.54, 1.807) is 0 Å². The second-order valence-electron chi connectivity index (χ2n) is 7.44. The van der Waals surface area contributed by atoms with Gasteiger partial charge in [-0.15, -0.1) is 0 Å². The normalized spacial score (nSPS) is 16.4. The van der Waals surface area contributed by atoms with Crippen molar-refractivity contribution >= 4 is 11.9 Å². The van der Waals surface area contributed by atoms with Crippen LogP contribution >= 0.6 is 0 Å². The number of guanidine groups is 1. The van der Waals surface area contributed by atoms with E-state index in [0.717, 1.165) is 45.0 Å². The third kappa shape index (κ3) is 4.03. The second kappa shape index (κ2) is 8.46. The number of aliphatic imine (C=N–C) groups is 1. The van der Waals surface area contributed by atoms with Gasteiger partial charge in [0.15, 0.2) is 5.96 Å². The largest absolute Gasteiger partial charge is 0.356 e. The van der Waals surface area contributed by atoms with Gasteiger partial charge in [0.25, 0.3) is 0 Å². The third-order valence-corrected chi connectivity index (χ3v) is 5.61. The van der Waals surface area contributed by atoms with Crippen LogP contribution in [0.15, 0.2) is 53.5 Å². The van der Waals surface area contributed by atoms with Crippen LogP contribution < -0.4 is 5.32 Å². The zero-order chi connectivity index (χ0) is 19.3. The fourth-order valence-electron chi connectivity index (χ4n) is 4.05. The Bertz CT molecular complexity index is 876. The van der Waals surface area contributed by atoms with Crippen molar-refractivity contribution in [3.05, 3.63) is 70.8 Å². The van der Waals surface area contributed by atoms with Crippen molar-refractivity contribution in [2.45, 2.75) is 32.9 Å². The van der Waals surface area contributed by atoms with Crippen LogP contribution in [-0.2, 0) is 30.7 Å². The minimum Gasteiger partial charge on any atom is -0.356 e. The summed E-state index contributed by atoms with van der Waals surface area (Å²) in [5.41, 5.74) is 5.37. The fraction of sp³-hybridized carbons (Fsp3) is 0.391. The lowest BCUT2D eigenvalue weighted by Gasteiger charge is -2.32. The lowest BCUT2D eigenvalue weighted by atomic mass is 10.00. The van der Waals surface area contributed by atoms with Gasteiger partial charge in [-0.1, -0.05) is 48.5 Å². The van der Waals surface area contributed by atoms with E-state index in [4.69, 9.17) is 0 Å². The summed E-state index contributed by atoms with van der Waals surface area (Å²) in [6, 6.07) is 17.0. The summed E-state index contributed by atoms with van der Waals surface area (Å²) in [5.74, 6) is 0.935. The number of rotatable bonds is 3. The maximum Gasteiger partial charge on any atom is 0.244 e. The molecule has 5 nitrogen and oxygen atoms in total. The highest BCUT2D eigenvalue weighted by molar-refractivity contribution is 5.85. The monoisotopic (exact) mass is 376 g/mol. The van der Waals surface area contributed by atoms with E-state index in [9.17, 15) is 4.79 Å². The van der Waals surface area contributed by atoms with E-state index in [-0.39, 0.29) is 12.5 Å². The van der Waals surface area contributed by atoms with E-state index >= 15 is 0 Å². The summed E-state index contributed by atoms with van der Waals surface area (Å²) >= 11 is 0. The van der Waals surface area contributed by atoms with Crippen LogP contribution in [0.5, 0.6) is 0 Å². The summed E-state index contributed by atoms with van der Waals surface area (Å²) in [6.07, 6.45) is 1.94. The van der Waals surface area contributed by atoms with Gasteiger partial charge in [0.2, 0.25) is 5.91 Å². The summed E-state index contributed by atoms with van der Waals surface area (Å²) in [7, 11) is 0. The Morgan fingerprint density at radius 1 is 0.893 bits per heavy atom. The molecule has 28 heavy (non-hydrogen) atoms. The molecule has 0 fully saturated rings. The van der Waals surface area contributed by atoms with Crippen LogP contribution in [0.3, 0.4) is 0 Å². The maximum atomic E-state index is 12.8. The first kappa shape index (κ1) is 18.5. The molecule has 0 spiro atoms. The quantitative estimate of drug-likeness (QED) is 0.662. The van der Waals surface area contributed by atoms with Crippen molar-refractivity contribution < 1.29 is 4.79 Å². The number of hydrogen-bond donors (Lipinski definition) is 1. The Morgan fingerprint density at radius 3 is 2.04 bits per heavy atom. The van der Waals surface area contributed by atoms with Crippen molar-refractivity contribution in [2.24, 2.45) is 4.99 Å². The number of nitrogens with one attached hydrogen (secondary N) is 1. The Balaban J connectivity index is 1.42. The Hall–Kier alpha value is -2.82. The molecule has 1 N–H and O–H groups in total. The molecule has 2 aromatic carbocycles. The van der Waals surface area contributed by atoms with Crippen LogP contribution in [0, 0.1) is 0 Å². The van der Waals surface area contributed by atoms with Gasteiger partial charge in [0.1, 0.15) is 6.54 Å². The molecule has 0 saturated heterocycles. The number of benzene rings is 2. The Labute approximate surface area is 167 Å². The number of carbonyl (C=O) groups is 1. The van der Waals surface area contributed by atoms with Crippen LogP contribution in [0.4, 0.5) is 0 Å². The highest BCUT2D eigenvalue weighted by Crippen LogP contribution is 2.20. The van der Waals surface area contributed by atoms with Crippen LogP contribution in [0.2, 0.25) is 0 Å². The molecule has 0 unspecified atom stereocenters. The summed E-state index contributed by atoms with van der Waals surface area (Å²) in [4.78, 5) is 21.6. The molecule has 1 amide bonds. The molecule has 146 valence electrons. The summed E-state index contributed by atoms with van der Waals surface area (Å²) in [6.45, 7) is 6.29. The molecule has 4 rings (SSSR count). The average molecular weight is 377 g/mol. The van der Waals surface area contributed by atoms with Gasteiger partial charge in [-0.2, -0.15) is 0 Å². The molecule has 0 atom stereocenters. The first-order valence-electron chi connectivity index (χ1n) is 10.2. The average Bonchev–Trinajstić information content (AvgIpc) is 2.75. The number of nitrogens with zero attached hydrogens (tertiary/aromatic N) is 3. The highest BCUT2D eigenvalue weighted by atomic mass is 16.2. The highest BCUT2D eigenvalue weighted by Gasteiger charge is 2.22. The van der Waals surface area contributed by atoms with Crippen molar-refractivity contribution in [3.8, 4) is 0 Å². The summed E-state index contributed by atoms with van der Waals surface area (Å²) < 4.78 is 0. The molecular formula is C23H28N4O. The van der Waals surface area contributed by atoms with Crippen molar-refractivity contribution in [3.63, 3.8) is 0 Å². The minimum absolute atomic E-state index is 0.0994. The number of fused-ring (bicyclic) bond motifs is 2. The van der Waals surface area contributed by atoms with E-state index in [1.807, 2.05) is 11.0 Å². The zero-order valence-electron chi connectivity index (χ0n) is 16.5. The van der Waals surface area contributed by atoms with Crippen LogP contribution in [-0.4, -0.2) is 47.8 Å². The topological polar surface area (TPSA) is 47.9 Å². The van der Waals surface area contributed by atoms with Gasteiger partial charge < -0.3 is 15.1 Å². The third-order valence-electron chi connectivity index (χ3n) is 5.61. The van der Waals surface area contributed by atoms with Gasteiger partial charge in [-0.3, -0.25) is 4.79 Å². The molecule has 0 bridgehead atoms. The van der Waals surface area contributed by atoms with Crippen molar-refractivity contribution in [1.29, 1.82) is 0 Å². The van der Waals surface area contributed by atoms with Gasteiger partial charge in [0, 0.05) is 32.7 Å². The van der Waals surface area contributed by atoms with Crippen LogP contribution in [0.1, 0.15) is 29.2 Å². The second-order valence-corrected chi connectivity index (χ2v) is 7.44. The fourth-order valence-corrected chi connectivity index (χ4v) is 4.05. The first-order valence-corrected chi connectivity index (χ1v) is 10.2.